The van der Waals surface area contributed by atoms with Gasteiger partial charge in [0.2, 0.25) is 0 Å². The van der Waals surface area contributed by atoms with Crippen LogP contribution >= 0.6 is 12.4 Å². The molecular formula is C13H18ClN3. The van der Waals surface area contributed by atoms with Crippen LogP contribution in [0.5, 0.6) is 0 Å². The molecule has 0 aliphatic heterocycles. The molecule has 2 rings (SSSR count). The number of halogens is 1. The molecule has 0 fully saturated rings. The maximum atomic E-state index is 5.97. The Morgan fingerprint density at radius 3 is 2.18 bits per heavy atom. The van der Waals surface area contributed by atoms with Crippen LogP contribution in [0, 0.1) is 0 Å². The first-order valence-electron chi connectivity index (χ1n) is 5.40. The number of benzene rings is 1. The molecule has 4 heteroatoms. The van der Waals surface area contributed by atoms with Gasteiger partial charge in [0.1, 0.15) is 5.82 Å². The van der Waals surface area contributed by atoms with E-state index in [-0.39, 0.29) is 17.8 Å². The Morgan fingerprint density at radius 2 is 1.71 bits per heavy atom. The highest BCUT2D eigenvalue weighted by atomic mass is 35.5. The van der Waals surface area contributed by atoms with Crippen molar-refractivity contribution >= 4 is 18.2 Å². The van der Waals surface area contributed by atoms with E-state index in [0.29, 0.717) is 5.82 Å². The fraction of sp³-hybridized carbons (Fsp3) is 0.308. The second kappa shape index (κ2) is 4.80. The van der Waals surface area contributed by atoms with Gasteiger partial charge in [0.15, 0.2) is 0 Å². The number of nitrogen functional groups attached to an aromatic ring is 1. The molecule has 0 bridgehead atoms. The topological polar surface area (TPSA) is 43.8 Å². The third kappa shape index (κ3) is 2.80. The fourth-order valence-corrected chi connectivity index (χ4v) is 1.54. The summed E-state index contributed by atoms with van der Waals surface area (Å²) in [5.74, 6) is 0.677. The summed E-state index contributed by atoms with van der Waals surface area (Å²) in [5.41, 5.74) is 8.00. The average Bonchev–Trinajstić information content (AvgIpc) is 2.61. The molecule has 0 saturated heterocycles. The van der Waals surface area contributed by atoms with Crippen LogP contribution in [0.1, 0.15) is 26.5 Å². The molecule has 2 aromatic rings. The Kier molecular flexibility index (Phi) is 3.83. The van der Waals surface area contributed by atoms with Crippen molar-refractivity contribution in [2.45, 2.75) is 26.2 Å². The van der Waals surface area contributed by atoms with Crippen molar-refractivity contribution in [2.24, 2.45) is 0 Å². The summed E-state index contributed by atoms with van der Waals surface area (Å²) in [7, 11) is 0. The summed E-state index contributed by atoms with van der Waals surface area (Å²) >= 11 is 0. The van der Waals surface area contributed by atoms with Gasteiger partial charge in [-0.1, -0.05) is 39.0 Å². The highest BCUT2D eigenvalue weighted by Crippen LogP contribution is 2.24. The minimum Gasteiger partial charge on any atom is -0.384 e. The molecular weight excluding hydrogens is 234 g/mol. The fourth-order valence-electron chi connectivity index (χ4n) is 1.54. The van der Waals surface area contributed by atoms with Crippen LogP contribution in [0.15, 0.2) is 36.4 Å². The Morgan fingerprint density at radius 1 is 1.12 bits per heavy atom. The summed E-state index contributed by atoms with van der Waals surface area (Å²) in [6.07, 6.45) is 0. The van der Waals surface area contributed by atoms with E-state index in [0.717, 1.165) is 11.4 Å². The number of nitrogens with two attached hydrogens (primary N) is 1. The molecule has 0 aliphatic carbocycles. The molecule has 0 radical (unpaired) electrons. The van der Waals surface area contributed by atoms with Crippen molar-refractivity contribution in [3.63, 3.8) is 0 Å². The largest absolute Gasteiger partial charge is 0.384 e. The first kappa shape index (κ1) is 13.6. The Hall–Kier alpha value is -1.48. The number of anilines is 1. The van der Waals surface area contributed by atoms with Crippen LogP contribution in [-0.4, -0.2) is 9.78 Å². The van der Waals surface area contributed by atoms with Gasteiger partial charge >= 0.3 is 0 Å². The second-order valence-electron chi connectivity index (χ2n) is 4.95. The number of aromatic nitrogens is 2. The molecule has 0 atom stereocenters. The van der Waals surface area contributed by atoms with Crippen LogP contribution in [-0.2, 0) is 5.41 Å². The number of nitrogens with zero attached hydrogens (tertiary/aromatic N) is 2. The molecule has 1 aromatic carbocycles. The van der Waals surface area contributed by atoms with Crippen LogP contribution in [0.3, 0.4) is 0 Å². The number of rotatable bonds is 1. The van der Waals surface area contributed by atoms with Gasteiger partial charge in [-0.2, -0.15) is 5.10 Å². The molecule has 2 N–H and O–H groups in total. The predicted molar refractivity (Wildman–Crippen MR) is 73.9 cm³/mol. The summed E-state index contributed by atoms with van der Waals surface area (Å²) in [6, 6.07) is 11.9. The minimum atomic E-state index is 0. The van der Waals surface area contributed by atoms with E-state index in [1.54, 1.807) is 4.68 Å². The predicted octanol–water partition coefficient (Wildman–Crippen LogP) is 3.17. The summed E-state index contributed by atoms with van der Waals surface area (Å²) < 4.78 is 1.78. The van der Waals surface area contributed by atoms with Crippen molar-refractivity contribution in [1.29, 1.82) is 0 Å². The lowest BCUT2D eigenvalue weighted by molar-refractivity contribution is 0.560. The minimum absolute atomic E-state index is 0. The van der Waals surface area contributed by atoms with Crippen LogP contribution < -0.4 is 5.73 Å². The van der Waals surface area contributed by atoms with E-state index < -0.39 is 0 Å². The van der Waals surface area contributed by atoms with Gasteiger partial charge in [0, 0.05) is 11.5 Å². The first-order valence-corrected chi connectivity index (χ1v) is 5.40. The van der Waals surface area contributed by atoms with Gasteiger partial charge in [0.05, 0.1) is 11.4 Å². The lowest BCUT2D eigenvalue weighted by Crippen LogP contribution is -2.12. The average molecular weight is 252 g/mol. The number of hydrogen-bond acceptors (Lipinski definition) is 2. The summed E-state index contributed by atoms with van der Waals surface area (Å²) in [6.45, 7) is 6.39. The van der Waals surface area contributed by atoms with Gasteiger partial charge < -0.3 is 5.73 Å². The van der Waals surface area contributed by atoms with Gasteiger partial charge in [-0.25, -0.2) is 4.68 Å². The third-order valence-electron chi connectivity index (χ3n) is 2.51. The van der Waals surface area contributed by atoms with Crippen molar-refractivity contribution < 1.29 is 0 Å². The van der Waals surface area contributed by atoms with Gasteiger partial charge in [0.25, 0.3) is 0 Å². The molecule has 17 heavy (non-hydrogen) atoms. The van der Waals surface area contributed by atoms with Crippen molar-refractivity contribution in [3.8, 4) is 5.69 Å². The zero-order valence-corrected chi connectivity index (χ0v) is 11.2. The van der Waals surface area contributed by atoms with E-state index in [1.165, 1.54) is 0 Å². The normalized spacial score (nSPS) is 11.0. The second-order valence-corrected chi connectivity index (χ2v) is 4.95. The number of hydrogen-bond donors (Lipinski definition) is 1. The van der Waals surface area contributed by atoms with Crippen LogP contribution in [0.2, 0.25) is 0 Å². The zero-order valence-electron chi connectivity index (χ0n) is 10.3. The van der Waals surface area contributed by atoms with E-state index in [4.69, 9.17) is 5.73 Å². The third-order valence-corrected chi connectivity index (χ3v) is 2.51. The SMILES string of the molecule is CC(C)(C)c1cc(N)n(-c2ccccc2)n1.Cl. The molecule has 0 unspecified atom stereocenters. The van der Waals surface area contributed by atoms with Gasteiger partial charge in [-0.3, -0.25) is 0 Å². The summed E-state index contributed by atoms with van der Waals surface area (Å²) in [4.78, 5) is 0. The molecule has 0 aliphatic rings. The van der Waals surface area contributed by atoms with Gasteiger partial charge in [-0.15, -0.1) is 12.4 Å². The monoisotopic (exact) mass is 251 g/mol. The smallest absolute Gasteiger partial charge is 0.127 e. The molecule has 1 heterocycles. The van der Waals surface area contributed by atoms with E-state index >= 15 is 0 Å². The Balaban J connectivity index is 0.00000144. The molecule has 0 spiro atoms. The first-order chi connectivity index (χ1) is 7.48. The molecule has 0 amide bonds. The maximum Gasteiger partial charge on any atom is 0.127 e. The quantitative estimate of drug-likeness (QED) is 0.846. The maximum absolute atomic E-state index is 5.97. The molecule has 1 aromatic heterocycles. The zero-order chi connectivity index (χ0) is 11.8. The summed E-state index contributed by atoms with van der Waals surface area (Å²) in [5, 5.41) is 4.54. The molecule has 92 valence electrons. The van der Waals surface area contributed by atoms with Crippen molar-refractivity contribution in [3.05, 3.63) is 42.1 Å². The van der Waals surface area contributed by atoms with E-state index in [1.807, 2.05) is 36.4 Å². The number of para-hydroxylation sites is 1. The van der Waals surface area contributed by atoms with Crippen molar-refractivity contribution in [1.82, 2.24) is 9.78 Å². The Labute approximate surface area is 108 Å². The highest BCUT2D eigenvalue weighted by molar-refractivity contribution is 5.85. The highest BCUT2D eigenvalue weighted by Gasteiger charge is 2.19. The standard InChI is InChI=1S/C13H17N3.ClH/c1-13(2,3)11-9-12(14)16(15-11)10-7-5-4-6-8-10;/h4-9H,14H2,1-3H3;1H. The van der Waals surface area contributed by atoms with E-state index in [2.05, 4.69) is 25.9 Å². The molecule has 0 saturated carbocycles. The molecule has 3 nitrogen and oxygen atoms in total. The lowest BCUT2D eigenvalue weighted by Gasteiger charge is -2.14. The Bertz CT molecular complexity index is 483. The van der Waals surface area contributed by atoms with Crippen LogP contribution in [0.4, 0.5) is 5.82 Å². The van der Waals surface area contributed by atoms with Gasteiger partial charge in [-0.05, 0) is 12.1 Å². The van der Waals surface area contributed by atoms with E-state index in [9.17, 15) is 0 Å². The van der Waals surface area contributed by atoms with Crippen LogP contribution in [0.25, 0.3) is 5.69 Å². The lowest BCUT2D eigenvalue weighted by atomic mass is 9.92. The van der Waals surface area contributed by atoms with Crippen molar-refractivity contribution in [2.75, 3.05) is 5.73 Å².